The van der Waals surface area contributed by atoms with Crippen LogP contribution in [-0.2, 0) is 4.79 Å². The lowest BCUT2D eigenvalue weighted by molar-refractivity contribution is -0.126. The monoisotopic (exact) mass is 254 g/mol. The molecular weight excluding hydrogens is 236 g/mol. The van der Waals surface area contributed by atoms with E-state index in [1.165, 1.54) is 5.56 Å². The molecule has 0 aromatic heterocycles. The predicted molar refractivity (Wildman–Crippen MR) is 72.6 cm³/mol. The van der Waals surface area contributed by atoms with E-state index in [2.05, 4.69) is 0 Å². The van der Waals surface area contributed by atoms with Gasteiger partial charge < -0.3 is 10.6 Å². The van der Waals surface area contributed by atoms with E-state index in [4.69, 9.17) is 5.73 Å². The molecule has 0 saturated heterocycles. The minimum absolute atomic E-state index is 0. The maximum absolute atomic E-state index is 12.1. The number of halogens is 1. The van der Waals surface area contributed by atoms with Gasteiger partial charge in [-0.25, -0.2) is 0 Å². The number of nitrogens with zero attached hydrogens (tertiary/aromatic N) is 1. The quantitative estimate of drug-likeness (QED) is 0.880. The van der Waals surface area contributed by atoms with Gasteiger partial charge in [-0.1, -0.05) is 17.7 Å². The summed E-state index contributed by atoms with van der Waals surface area (Å²) in [7, 11) is 1.79. The number of nitrogens with two attached hydrogens (primary N) is 1. The number of aryl methyl sites for hydroxylation is 1. The van der Waals surface area contributed by atoms with Crippen LogP contribution in [0.5, 0.6) is 0 Å². The summed E-state index contributed by atoms with van der Waals surface area (Å²) in [4.78, 5) is 13.8. The molecule has 94 valence electrons. The number of rotatable bonds is 2. The lowest BCUT2D eigenvalue weighted by atomic mass is 9.76. The van der Waals surface area contributed by atoms with Crippen LogP contribution in [0.15, 0.2) is 24.3 Å². The second-order valence-corrected chi connectivity index (χ2v) is 4.71. The summed E-state index contributed by atoms with van der Waals surface area (Å²) in [6.07, 6.45) is 2.67. The standard InChI is InChI=1S/C13H18N2O.ClH/c1-10-4-6-11(7-5-10)15(2)12(16)13(14)8-3-9-13;/h4-7H,3,8-9,14H2,1-2H3;1H. The van der Waals surface area contributed by atoms with Crippen LogP contribution in [0.2, 0.25) is 0 Å². The van der Waals surface area contributed by atoms with Gasteiger partial charge in [0.1, 0.15) is 0 Å². The molecule has 1 amide bonds. The Morgan fingerprint density at radius 3 is 2.24 bits per heavy atom. The van der Waals surface area contributed by atoms with Crippen LogP contribution >= 0.6 is 12.4 Å². The van der Waals surface area contributed by atoms with Crippen molar-refractivity contribution in [2.75, 3.05) is 11.9 Å². The fraction of sp³-hybridized carbons (Fsp3) is 0.462. The van der Waals surface area contributed by atoms with Crippen LogP contribution < -0.4 is 10.6 Å². The molecule has 0 bridgehead atoms. The van der Waals surface area contributed by atoms with Gasteiger partial charge in [-0.2, -0.15) is 0 Å². The smallest absolute Gasteiger partial charge is 0.246 e. The highest BCUT2D eigenvalue weighted by Crippen LogP contribution is 2.31. The third-order valence-corrected chi connectivity index (χ3v) is 3.40. The Hall–Kier alpha value is -1.06. The van der Waals surface area contributed by atoms with Crippen molar-refractivity contribution in [3.63, 3.8) is 0 Å². The lowest BCUT2D eigenvalue weighted by Crippen LogP contribution is -2.59. The van der Waals surface area contributed by atoms with Crippen molar-refractivity contribution in [1.29, 1.82) is 0 Å². The van der Waals surface area contributed by atoms with E-state index in [0.717, 1.165) is 24.9 Å². The molecule has 1 aromatic rings. The summed E-state index contributed by atoms with van der Waals surface area (Å²) in [5, 5.41) is 0. The van der Waals surface area contributed by atoms with E-state index in [-0.39, 0.29) is 18.3 Å². The first-order valence-electron chi connectivity index (χ1n) is 5.67. The van der Waals surface area contributed by atoms with Crippen molar-refractivity contribution in [2.45, 2.75) is 31.7 Å². The molecule has 4 heteroatoms. The fourth-order valence-electron chi connectivity index (χ4n) is 1.99. The largest absolute Gasteiger partial charge is 0.317 e. The van der Waals surface area contributed by atoms with E-state index in [1.54, 1.807) is 11.9 Å². The van der Waals surface area contributed by atoms with Gasteiger partial charge in [0.2, 0.25) is 5.91 Å². The number of carbonyl (C=O) groups is 1. The molecule has 3 nitrogen and oxygen atoms in total. The first-order valence-corrected chi connectivity index (χ1v) is 5.67. The maximum atomic E-state index is 12.1. The predicted octanol–water partition coefficient (Wildman–Crippen LogP) is 2.26. The second kappa shape index (κ2) is 5.07. The first-order chi connectivity index (χ1) is 7.53. The molecule has 0 radical (unpaired) electrons. The van der Waals surface area contributed by atoms with Gasteiger partial charge in [-0.3, -0.25) is 4.79 Å². The van der Waals surface area contributed by atoms with Crippen LogP contribution in [0.1, 0.15) is 24.8 Å². The van der Waals surface area contributed by atoms with Crippen molar-refractivity contribution in [3.8, 4) is 0 Å². The molecule has 17 heavy (non-hydrogen) atoms. The van der Waals surface area contributed by atoms with E-state index < -0.39 is 5.54 Å². The van der Waals surface area contributed by atoms with Crippen molar-refractivity contribution in [1.82, 2.24) is 0 Å². The number of anilines is 1. The van der Waals surface area contributed by atoms with Crippen LogP contribution in [0, 0.1) is 6.92 Å². The summed E-state index contributed by atoms with van der Waals surface area (Å²) < 4.78 is 0. The molecule has 1 saturated carbocycles. The van der Waals surface area contributed by atoms with Gasteiger partial charge in [0.05, 0.1) is 5.54 Å². The van der Waals surface area contributed by atoms with Crippen LogP contribution in [0.25, 0.3) is 0 Å². The van der Waals surface area contributed by atoms with E-state index >= 15 is 0 Å². The molecular formula is C13H19ClN2O. The third-order valence-electron chi connectivity index (χ3n) is 3.40. The normalized spacial score (nSPS) is 16.6. The number of hydrogen-bond donors (Lipinski definition) is 1. The molecule has 1 aliphatic rings. The highest BCUT2D eigenvalue weighted by Gasteiger charge is 2.42. The van der Waals surface area contributed by atoms with Crippen LogP contribution in [0.4, 0.5) is 5.69 Å². The van der Waals surface area contributed by atoms with Crippen LogP contribution in [0.3, 0.4) is 0 Å². The van der Waals surface area contributed by atoms with Crippen molar-refractivity contribution < 1.29 is 4.79 Å². The zero-order chi connectivity index (χ0) is 11.8. The molecule has 0 spiro atoms. The number of amides is 1. The Morgan fingerprint density at radius 2 is 1.82 bits per heavy atom. The minimum atomic E-state index is -0.611. The molecule has 0 atom stereocenters. The molecule has 2 N–H and O–H groups in total. The van der Waals surface area contributed by atoms with E-state index in [9.17, 15) is 4.79 Å². The Morgan fingerprint density at radius 1 is 1.29 bits per heavy atom. The Bertz CT molecular complexity index is 398. The number of benzene rings is 1. The van der Waals surface area contributed by atoms with Crippen molar-refractivity contribution in [3.05, 3.63) is 29.8 Å². The number of carbonyl (C=O) groups excluding carboxylic acids is 1. The van der Waals surface area contributed by atoms with E-state index in [1.807, 2.05) is 31.2 Å². The summed E-state index contributed by atoms with van der Waals surface area (Å²) in [6, 6.07) is 7.91. The summed E-state index contributed by atoms with van der Waals surface area (Å²) >= 11 is 0. The Balaban J connectivity index is 0.00000144. The molecule has 0 unspecified atom stereocenters. The fourth-order valence-corrected chi connectivity index (χ4v) is 1.99. The minimum Gasteiger partial charge on any atom is -0.317 e. The summed E-state index contributed by atoms with van der Waals surface area (Å²) in [6.45, 7) is 2.03. The number of hydrogen-bond acceptors (Lipinski definition) is 2. The highest BCUT2D eigenvalue weighted by molar-refractivity contribution is 6.00. The molecule has 0 aliphatic heterocycles. The molecule has 2 rings (SSSR count). The maximum Gasteiger partial charge on any atom is 0.246 e. The lowest BCUT2D eigenvalue weighted by Gasteiger charge is -2.39. The average Bonchev–Trinajstić information content (AvgIpc) is 2.25. The van der Waals surface area contributed by atoms with Gasteiger partial charge in [-0.15, -0.1) is 12.4 Å². The van der Waals surface area contributed by atoms with Gasteiger partial charge in [-0.05, 0) is 38.3 Å². The van der Waals surface area contributed by atoms with Gasteiger partial charge in [0.15, 0.2) is 0 Å². The summed E-state index contributed by atoms with van der Waals surface area (Å²) in [5.41, 5.74) is 7.51. The molecule has 1 aromatic carbocycles. The Kier molecular flexibility index (Phi) is 4.17. The highest BCUT2D eigenvalue weighted by atomic mass is 35.5. The van der Waals surface area contributed by atoms with E-state index in [0.29, 0.717) is 0 Å². The van der Waals surface area contributed by atoms with Gasteiger partial charge in [0.25, 0.3) is 0 Å². The SMILES string of the molecule is Cc1ccc(N(C)C(=O)C2(N)CCC2)cc1.Cl. The molecule has 1 fully saturated rings. The zero-order valence-corrected chi connectivity index (χ0v) is 11.1. The third kappa shape index (κ3) is 2.61. The van der Waals surface area contributed by atoms with Crippen molar-refractivity contribution in [2.24, 2.45) is 5.73 Å². The van der Waals surface area contributed by atoms with Gasteiger partial charge in [0, 0.05) is 12.7 Å². The Labute approximate surface area is 108 Å². The molecule has 0 heterocycles. The van der Waals surface area contributed by atoms with Crippen molar-refractivity contribution >= 4 is 24.0 Å². The topological polar surface area (TPSA) is 46.3 Å². The van der Waals surface area contributed by atoms with Crippen LogP contribution in [-0.4, -0.2) is 18.5 Å². The molecule has 1 aliphatic carbocycles. The number of likely N-dealkylation sites (N-methyl/N-ethyl adjacent to an activating group) is 1. The first kappa shape index (κ1) is 14.0. The average molecular weight is 255 g/mol. The summed E-state index contributed by atoms with van der Waals surface area (Å²) in [5.74, 6) is 0.0302. The zero-order valence-electron chi connectivity index (χ0n) is 10.3. The second-order valence-electron chi connectivity index (χ2n) is 4.71. The van der Waals surface area contributed by atoms with Gasteiger partial charge >= 0.3 is 0 Å².